The van der Waals surface area contributed by atoms with Crippen LogP contribution in [0.1, 0.15) is 10.4 Å². The lowest BCUT2D eigenvalue weighted by molar-refractivity contribution is -0.130. The molecule has 92 valence electrons. The molecule has 0 bridgehead atoms. The number of benzene rings is 1. The van der Waals surface area contributed by atoms with Gasteiger partial charge < -0.3 is 5.11 Å². The predicted molar refractivity (Wildman–Crippen MR) is 66.2 cm³/mol. The van der Waals surface area contributed by atoms with Crippen molar-refractivity contribution in [3.05, 3.63) is 57.8 Å². The number of carboxylic acids is 1. The summed E-state index contributed by atoms with van der Waals surface area (Å²) in [5, 5.41) is 10.8. The molecule has 1 heterocycles. The highest BCUT2D eigenvalue weighted by atomic mass is 32.1. The Morgan fingerprint density at radius 1 is 1.22 bits per heavy atom. The van der Waals surface area contributed by atoms with Gasteiger partial charge in [0.1, 0.15) is 0 Å². The fourth-order valence-electron chi connectivity index (χ4n) is 1.44. The second-order valence-electron chi connectivity index (χ2n) is 3.51. The molecule has 1 aromatic carbocycles. The van der Waals surface area contributed by atoms with Gasteiger partial charge in [0, 0.05) is 4.88 Å². The van der Waals surface area contributed by atoms with Crippen molar-refractivity contribution in [3.63, 3.8) is 0 Å². The molecule has 2 aromatic rings. The lowest BCUT2D eigenvalue weighted by Crippen LogP contribution is -1.97. The van der Waals surface area contributed by atoms with E-state index in [0.717, 1.165) is 12.1 Å². The van der Waals surface area contributed by atoms with Crippen molar-refractivity contribution in [1.82, 2.24) is 0 Å². The molecule has 0 saturated heterocycles. The first-order valence-corrected chi connectivity index (χ1v) is 5.90. The molecule has 2 nitrogen and oxygen atoms in total. The Labute approximate surface area is 106 Å². The summed E-state index contributed by atoms with van der Waals surface area (Å²) in [7, 11) is 0. The van der Waals surface area contributed by atoms with Crippen molar-refractivity contribution in [2.75, 3.05) is 0 Å². The Balaban J connectivity index is 2.45. The van der Waals surface area contributed by atoms with Crippen molar-refractivity contribution in [2.24, 2.45) is 0 Å². The monoisotopic (exact) mass is 266 g/mol. The van der Waals surface area contributed by atoms with Gasteiger partial charge in [0.05, 0.1) is 5.57 Å². The van der Waals surface area contributed by atoms with Gasteiger partial charge in [0.25, 0.3) is 0 Å². The van der Waals surface area contributed by atoms with Gasteiger partial charge in [-0.3, -0.25) is 0 Å². The second-order valence-corrected chi connectivity index (χ2v) is 4.46. The largest absolute Gasteiger partial charge is 0.478 e. The zero-order valence-electron chi connectivity index (χ0n) is 9.06. The van der Waals surface area contributed by atoms with Crippen LogP contribution in [-0.2, 0) is 4.79 Å². The van der Waals surface area contributed by atoms with Crippen molar-refractivity contribution in [1.29, 1.82) is 0 Å². The van der Waals surface area contributed by atoms with E-state index < -0.39 is 17.6 Å². The number of carbonyl (C=O) groups is 1. The minimum Gasteiger partial charge on any atom is -0.478 e. The van der Waals surface area contributed by atoms with Gasteiger partial charge in [-0.15, -0.1) is 11.3 Å². The van der Waals surface area contributed by atoms with Crippen LogP contribution in [0, 0.1) is 11.6 Å². The van der Waals surface area contributed by atoms with E-state index in [0.29, 0.717) is 10.4 Å². The molecule has 0 aliphatic heterocycles. The second kappa shape index (κ2) is 5.10. The third-order valence-corrected chi connectivity index (χ3v) is 3.17. The fraction of sp³-hybridized carbons (Fsp3) is 0. The van der Waals surface area contributed by atoms with Crippen LogP contribution >= 0.6 is 11.3 Å². The number of thiophene rings is 1. The number of hydrogen-bond acceptors (Lipinski definition) is 2. The fourth-order valence-corrected chi connectivity index (χ4v) is 2.17. The Hall–Kier alpha value is -2.01. The Bertz CT molecular complexity index is 603. The van der Waals surface area contributed by atoms with E-state index in [9.17, 15) is 13.6 Å². The van der Waals surface area contributed by atoms with Gasteiger partial charge in [-0.05, 0) is 35.2 Å². The molecule has 1 N–H and O–H groups in total. The van der Waals surface area contributed by atoms with Crippen LogP contribution in [0.2, 0.25) is 0 Å². The van der Waals surface area contributed by atoms with Gasteiger partial charge in [0.15, 0.2) is 11.6 Å². The maximum absolute atomic E-state index is 13.0. The SMILES string of the molecule is O=C(O)/C(=C\c1ccc(F)c(F)c1)c1cccs1. The number of halogens is 2. The molecule has 2 rings (SSSR count). The lowest BCUT2D eigenvalue weighted by Gasteiger charge is -2.00. The smallest absolute Gasteiger partial charge is 0.337 e. The van der Waals surface area contributed by atoms with Crippen molar-refractivity contribution in [3.8, 4) is 0 Å². The Morgan fingerprint density at radius 3 is 2.56 bits per heavy atom. The Kier molecular flexibility index (Phi) is 3.53. The van der Waals surface area contributed by atoms with Gasteiger partial charge in [0.2, 0.25) is 0 Å². The summed E-state index contributed by atoms with van der Waals surface area (Å²) in [4.78, 5) is 11.7. The third kappa shape index (κ3) is 2.62. The molecule has 0 unspecified atom stereocenters. The molecule has 0 radical (unpaired) electrons. The first kappa shape index (κ1) is 12.4. The standard InChI is InChI=1S/C13H8F2O2S/c14-10-4-3-8(7-11(10)15)6-9(13(16)17)12-2-1-5-18-12/h1-7H,(H,16,17)/b9-6-. The summed E-state index contributed by atoms with van der Waals surface area (Å²) in [6, 6.07) is 6.64. The molecular formula is C13H8F2O2S. The van der Waals surface area contributed by atoms with E-state index in [1.54, 1.807) is 17.5 Å². The molecule has 0 amide bonds. The van der Waals surface area contributed by atoms with Gasteiger partial charge in [-0.25, -0.2) is 13.6 Å². The van der Waals surface area contributed by atoms with E-state index >= 15 is 0 Å². The van der Waals surface area contributed by atoms with E-state index in [4.69, 9.17) is 5.11 Å². The van der Waals surface area contributed by atoms with E-state index in [-0.39, 0.29) is 5.57 Å². The van der Waals surface area contributed by atoms with Gasteiger partial charge in [-0.1, -0.05) is 12.1 Å². The topological polar surface area (TPSA) is 37.3 Å². The highest BCUT2D eigenvalue weighted by Crippen LogP contribution is 2.23. The lowest BCUT2D eigenvalue weighted by atomic mass is 10.1. The minimum absolute atomic E-state index is 0.0519. The van der Waals surface area contributed by atoms with Crippen LogP contribution in [0.25, 0.3) is 11.6 Å². The van der Waals surface area contributed by atoms with Crippen LogP contribution in [-0.4, -0.2) is 11.1 Å². The number of aliphatic carboxylic acids is 1. The van der Waals surface area contributed by atoms with E-state index in [2.05, 4.69) is 0 Å². The van der Waals surface area contributed by atoms with Crippen molar-refractivity contribution in [2.45, 2.75) is 0 Å². The van der Waals surface area contributed by atoms with E-state index in [1.807, 2.05) is 0 Å². The van der Waals surface area contributed by atoms with E-state index in [1.165, 1.54) is 23.5 Å². The molecule has 1 aromatic heterocycles. The van der Waals surface area contributed by atoms with Crippen LogP contribution in [0.15, 0.2) is 35.7 Å². The average Bonchev–Trinajstić information content (AvgIpc) is 2.83. The van der Waals surface area contributed by atoms with Gasteiger partial charge in [-0.2, -0.15) is 0 Å². The molecule has 0 aliphatic rings. The molecular weight excluding hydrogens is 258 g/mol. The zero-order valence-corrected chi connectivity index (χ0v) is 9.88. The first-order chi connectivity index (χ1) is 8.58. The Morgan fingerprint density at radius 2 is 2.00 bits per heavy atom. The predicted octanol–water partition coefficient (Wildman–Crippen LogP) is 3.65. The quantitative estimate of drug-likeness (QED) is 0.861. The highest BCUT2D eigenvalue weighted by molar-refractivity contribution is 7.11. The molecule has 0 saturated carbocycles. The summed E-state index contributed by atoms with van der Waals surface area (Å²) in [6.07, 6.45) is 1.32. The molecule has 18 heavy (non-hydrogen) atoms. The summed E-state index contributed by atoms with van der Waals surface area (Å²) in [6.45, 7) is 0. The summed E-state index contributed by atoms with van der Waals surface area (Å²) in [5.41, 5.74) is 0.357. The van der Waals surface area contributed by atoms with Crippen molar-refractivity contribution < 1.29 is 18.7 Å². The van der Waals surface area contributed by atoms with Gasteiger partial charge >= 0.3 is 5.97 Å². The van der Waals surface area contributed by atoms with Crippen molar-refractivity contribution >= 4 is 29.0 Å². The first-order valence-electron chi connectivity index (χ1n) is 5.02. The number of rotatable bonds is 3. The van der Waals surface area contributed by atoms with Crippen LogP contribution in [0.4, 0.5) is 8.78 Å². The molecule has 0 fully saturated rings. The number of hydrogen-bond donors (Lipinski definition) is 1. The highest BCUT2D eigenvalue weighted by Gasteiger charge is 2.12. The van der Waals surface area contributed by atoms with Crippen LogP contribution in [0.3, 0.4) is 0 Å². The van der Waals surface area contributed by atoms with Crippen LogP contribution < -0.4 is 0 Å². The average molecular weight is 266 g/mol. The molecule has 0 spiro atoms. The summed E-state index contributed by atoms with van der Waals surface area (Å²) in [5.74, 6) is -3.07. The molecule has 5 heteroatoms. The molecule has 0 atom stereocenters. The maximum atomic E-state index is 13.0. The summed E-state index contributed by atoms with van der Waals surface area (Å²) < 4.78 is 25.8. The zero-order chi connectivity index (χ0) is 13.1. The maximum Gasteiger partial charge on any atom is 0.337 e. The third-order valence-electron chi connectivity index (χ3n) is 2.27. The minimum atomic E-state index is -1.11. The molecule has 0 aliphatic carbocycles. The van der Waals surface area contributed by atoms with Crippen LogP contribution in [0.5, 0.6) is 0 Å². The normalized spacial score (nSPS) is 11.6. The number of carboxylic acid groups (broad SMARTS) is 1. The summed E-state index contributed by atoms with van der Waals surface area (Å²) >= 11 is 1.27.